The van der Waals surface area contributed by atoms with Gasteiger partial charge < -0.3 is 4.57 Å². The molecule has 2 aromatic heterocycles. The first-order valence-corrected chi connectivity index (χ1v) is 7.68. The molecule has 0 fully saturated rings. The third-order valence-electron chi connectivity index (χ3n) is 3.15. The van der Waals surface area contributed by atoms with Crippen LogP contribution in [0.4, 0.5) is 0 Å². The van der Waals surface area contributed by atoms with E-state index in [1.54, 1.807) is 23.6 Å². The molecule has 1 amide bonds. The molecule has 0 saturated heterocycles. The lowest BCUT2D eigenvalue weighted by Gasteiger charge is -2.08. The van der Waals surface area contributed by atoms with Gasteiger partial charge in [-0.15, -0.1) is 11.3 Å². The van der Waals surface area contributed by atoms with Crippen molar-refractivity contribution in [2.75, 3.05) is 0 Å². The zero-order valence-corrected chi connectivity index (χ0v) is 12.9. The Balaban J connectivity index is 1.77. The molecule has 22 heavy (non-hydrogen) atoms. The van der Waals surface area contributed by atoms with E-state index in [0.717, 1.165) is 10.6 Å². The molecule has 0 unspecified atom stereocenters. The van der Waals surface area contributed by atoms with Crippen LogP contribution < -0.4 is 5.43 Å². The highest BCUT2D eigenvalue weighted by Crippen LogP contribution is 2.15. The Morgan fingerprint density at radius 3 is 2.64 bits per heavy atom. The molecule has 0 spiro atoms. The third kappa shape index (κ3) is 3.15. The van der Waals surface area contributed by atoms with Gasteiger partial charge >= 0.3 is 0 Å². The number of amides is 1. The summed E-state index contributed by atoms with van der Waals surface area (Å²) in [7, 11) is 0. The van der Waals surface area contributed by atoms with Gasteiger partial charge in [0.25, 0.3) is 5.91 Å². The van der Waals surface area contributed by atoms with Gasteiger partial charge in [0.15, 0.2) is 0 Å². The number of thiophene rings is 1. The summed E-state index contributed by atoms with van der Waals surface area (Å²) in [5.41, 5.74) is 3.99. The van der Waals surface area contributed by atoms with Crippen LogP contribution in [0.15, 0.2) is 66.0 Å². The molecular formula is C17H15N3OS. The van der Waals surface area contributed by atoms with Crippen LogP contribution in [0, 0.1) is 6.92 Å². The maximum atomic E-state index is 12.3. The molecule has 0 saturated carbocycles. The van der Waals surface area contributed by atoms with Crippen molar-refractivity contribution in [3.05, 3.63) is 76.2 Å². The highest BCUT2D eigenvalue weighted by Gasteiger charge is 2.10. The van der Waals surface area contributed by atoms with Crippen molar-refractivity contribution in [3.63, 3.8) is 0 Å². The van der Waals surface area contributed by atoms with E-state index in [1.807, 2.05) is 66.3 Å². The number of aryl methyl sites for hydroxylation is 1. The highest BCUT2D eigenvalue weighted by atomic mass is 32.1. The number of carbonyl (C=O) groups is 1. The van der Waals surface area contributed by atoms with Crippen molar-refractivity contribution in [2.45, 2.75) is 6.92 Å². The lowest BCUT2D eigenvalue weighted by Crippen LogP contribution is -2.19. The molecule has 5 heteroatoms. The van der Waals surface area contributed by atoms with E-state index in [-0.39, 0.29) is 5.91 Å². The number of aromatic nitrogens is 1. The Morgan fingerprint density at radius 1 is 1.14 bits per heavy atom. The minimum Gasteiger partial charge on any atom is -0.323 e. The van der Waals surface area contributed by atoms with Gasteiger partial charge in [-0.3, -0.25) is 4.79 Å². The van der Waals surface area contributed by atoms with E-state index in [1.165, 1.54) is 4.88 Å². The monoisotopic (exact) mass is 309 g/mol. The summed E-state index contributed by atoms with van der Waals surface area (Å²) in [5, 5.41) is 4.03. The number of benzene rings is 1. The number of rotatable bonds is 4. The molecule has 3 rings (SSSR count). The molecular weight excluding hydrogens is 294 g/mol. The maximum Gasteiger partial charge on any atom is 0.273 e. The van der Waals surface area contributed by atoms with Gasteiger partial charge in [0.2, 0.25) is 0 Å². The van der Waals surface area contributed by atoms with Crippen molar-refractivity contribution in [1.82, 2.24) is 9.99 Å². The van der Waals surface area contributed by atoms with Gasteiger partial charge in [0.1, 0.15) is 0 Å². The van der Waals surface area contributed by atoms with E-state index in [0.29, 0.717) is 5.56 Å². The fourth-order valence-corrected chi connectivity index (χ4v) is 2.87. The van der Waals surface area contributed by atoms with Crippen LogP contribution in [0.25, 0.3) is 5.69 Å². The molecule has 1 aromatic carbocycles. The first kappa shape index (κ1) is 14.3. The summed E-state index contributed by atoms with van der Waals surface area (Å²) in [6, 6.07) is 15.3. The second kappa shape index (κ2) is 6.41. The molecule has 3 aromatic rings. The molecule has 110 valence electrons. The van der Waals surface area contributed by atoms with Gasteiger partial charge in [-0.25, -0.2) is 5.43 Å². The molecule has 2 heterocycles. The first-order chi connectivity index (χ1) is 10.7. The Labute approximate surface area is 132 Å². The summed E-state index contributed by atoms with van der Waals surface area (Å²) < 4.78 is 1.90. The molecule has 0 radical (unpaired) electrons. The normalized spacial score (nSPS) is 11.0. The third-order valence-corrected chi connectivity index (χ3v) is 4.09. The van der Waals surface area contributed by atoms with Crippen molar-refractivity contribution < 1.29 is 4.79 Å². The van der Waals surface area contributed by atoms with Crippen molar-refractivity contribution in [3.8, 4) is 5.69 Å². The zero-order valence-electron chi connectivity index (χ0n) is 12.1. The number of hydrogen-bond donors (Lipinski definition) is 1. The Hall–Kier alpha value is -2.66. The smallest absolute Gasteiger partial charge is 0.273 e. The van der Waals surface area contributed by atoms with Crippen molar-refractivity contribution >= 4 is 23.5 Å². The molecule has 0 aliphatic rings. The second-order valence-electron chi connectivity index (χ2n) is 4.76. The van der Waals surface area contributed by atoms with Crippen LogP contribution in [0.1, 0.15) is 20.1 Å². The Bertz CT molecular complexity index is 803. The minimum atomic E-state index is -0.228. The summed E-state index contributed by atoms with van der Waals surface area (Å²) in [6.45, 7) is 2.04. The van der Waals surface area contributed by atoms with E-state index < -0.39 is 0 Å². The lowest BCUT2D eigenvalue weighted by molar-refractivity contribution is 0.0955. The fraction of sp³-hybridized carbons (Fsp3) is 0.0588. The highest BCUT2D eigenvalue weighted by molar-refractivity contribution is 7.13. The summed E-state index contributed by atoms with van der Waals surface area (Å²) in [6.07, 6.45) is 5.47. The van der Waals surface area contributed by atoms with Crippen molar-refractivity contribution in [1.29, 1.82) is 0 Å². The van der Waals surface area contributed by atoms with E-state index in [9.17, 15) is 4.79 Å². The number of hydrazone groups is 1. The van der Waals surface area contributed by atoms with E-state index in [4.69, 9.17) is 0 Å². The van der Waals surface area contributed by atoms with Crippen LogP contribution in [-0.4, -0.2) is 16.7 Å². The summed E-state index contributed by atoms with van der Waals surface area (Å²) >= 11 is 1.63. The maximum absolute atomic E-state index is 12.3. The molecule has 4 nitrogen and oxygen atoms in total. The summed E-state index contributed by atoms with van der Waals surface area (Å²) in [4.78, 5) is 14.5. The van der Waals surface area contributed by atoms with Crippen LogP contribution in [0.5, 0.6) is 0 Å². The quantitative estimate of drug-likeness (QED) is 0.581. The summed E-state index contributed by atoms with van der Waals surface area (Å²) in [5.74, 6) is -0.228. The zero-order chi connectivity index (χ0) is 15.4. The molecule has 0 aliphatic heterocycles. The van der Waals surface area contributed by atoms with Crippen LogP contribution in [-0.2, 0) is 0 Å². The fourth-order valence-electron chi connectivity index (χ4n) is 2.12. The number of nitrogens with zero attached hydrogens (tertiary/aromatic N) is 2. The van der Waals surface area contributed by atoms with Crippen LogP contribution in [0.3, 0.4) is 0 Å². The van der Waals surface area contributed by atoms with E-state index in [2.05, 4.69) is 10.5 Å². The Kier molecular flexibility index (Phi) is 4.16. The molecule has 0 aliphatic carbocycles. The molecule has 0 bridgehead atoms. The average Bonchev–Trinajstić information content (AvgIpc) is 3.19. The second-order valence-corrected chi connectivity index (χ2v) is 6.07. The van der Waals surface area contributed by atoms with Gasteiger partial charge in [0, 0.05) is 22.1 Å². The van der Waals surface area contributed by atoms with Gasteiger partial charge in [-0.1, -0.05) is 12.1 Å². The molecule has 1 N–H and O–H groups in total. The van der Waals surface area contributed by atoms with Crippen molar-refractivity contribution in [2.24, 2.45) is 5.10 Å². The predicted molar refractivity (Wildman–Crippen MR) is 89.9 cm³/mol. The van der Waals surface area contributed by atoms with Gasteiger partial charge in [0.05, 0.1) is 17.5 Å². The number of carbonyl (C=O) groups excluding carboxylic acids is 1. The topological polar surface area (TPSA) is 46.4 Å². The number of hydrogen-bond acceptors (Lipinski definition) is 3. The molecule has 0 atom stereocenters. The number of para-hydroxylation sites is 1. The van der Waals surface area contributed by atoms with Gasteiger partial charge in [-0.2, -0.15) is 5.10 Å². The average molecular weight is 309 g/mol. The lowest BCUT2D eigenvalue weighted by atomic mass is 10.1. The predicted octanol–water partition coefficient (Wildman–Crippen LogP) is 3.61. The van der Waals surface area contributed by atoms with Gasteiger partial charge in [-0.05, 0) is 43.3 Å². The first-order valence-electron chi connectivity index (χ1n) is 6.86. The minimum absolute atomic E-state index is 0.228. The van der Waals surface area contributed by atoms with Crippen LogP contribution >= 0.6 is 11.3 Å². The Morgan fingerprint density at radius 2 is 1.91 bits per heavy atom. The van der Waals surface area contributed by atoms with Crippen LogP contribution in [0.2, 0.25) is 0 Å². The standard InChI is InChI=1S/C17H15N3OS/c1-13-8-9-14(22-13)12-18-19-17(21)15-6-2-3-7-16(15)20-10-4-5-11-20/h2-12H,1H3,(H,19,21)/b18-12-. The van der Waals surface area contributed by atoms with E-state index >= 15 is 0 Å². The number of nitrogens with one attached hydrogen (secondary N) is 1. The SMILES string of the molecule is Cc1ccc(/C=N\NC(=O)c2ccccc2-n2cccc2)s1. The largest absolute Gasteiger partial charge is 0.323 e.